The third-order valence-corrected chi connectivity index (χ3v) is 4.12. The Hall–Kier alpha value is -2.80. The Balaban J connectivity index is 1.98. The minimum atomic E-state index is -0.508. The number of hydrogen-bond donors (Lipinski definition) is 2. The molecule has 0 aliphatic carbocycles. The number of methoxy groups -OCH3 is 1. The van der Waals surface area contributed by atoms with Gasteiger partial charge in [-0.3, -0.25) is 9.59 Å². The quantitative estimate of drug-likeness (QED) is 0.612. The van der Waals surface area contributed by atoms with Crippen LogP contribution in [0.5, 0.6) is 0 Å². The average molecular weight is 358 g/mol. The second kappa shape index (κ2) is 8.89. The number of thioether (sulfide) groups is 1. The second-order valence-electron chi connectivity index (χ2n) is 5.08. The van der Waals surface area contributed by atoms with Crippen molar-refractivity contribution in [1.29, 1.82) is 0 Å². The molecule has 2 rings (SSSR count). The molecule has 2 aromatic carbocycles. The number of nitrogens with one attached hydrogen (secondary N) is 2. The highest BCUT2D eigenvalue weighted by Gasteiger charge is 2.13. The van der Waals surface area contributed by atoms with E-state index >= 15 is 0 Å². The van der Waals surface area contributed by atoms with Crippen LogP contribution < -0.4 is 10.6 Å². The van der Waals surface area contributed by atoms with Crippen molar-refractivity contribution in [2.75, 3.05) is 23.5 Å². The van der Waals surface area contributed by atoms with Gasteiger partial charge in [0.05, 0.1) is 24.1 Å². The number of anilines is 2. The van der Waals surface area contributed by atoms with Gasteiger partial charge in [0, 0.05) is 17.5 Å². The molecule has 0 heterocycles. The van der Waals surface area contributed by atoms with Crippen LogP contribution in [0.4, 0.5) is 11.4 Å². The van der Waals surface area contributed by atoms with Crippen molar-refractivity contribution in [1.82, 2.24) is 0 Å². The molecule has 0 bridgehead atoms. The third-order valence-electron chi connectivity index (χ3n) is 3.13. The lowest BCUT2D eigenvalue weighted by atomic mass is 10.2. The highest BCUT2D eigenvalue weighted by molar-refractivity contribution is 8.00. The standard InChI is InChI=1S/C18H18N2O4S/c1-12(21)19-13-6-5-7-14(10-13)25-11-17(22)20-16-9-4-3-8-15(16)18(23)24-2/h3-10H,11H2,1-2H3,(H,19,21)(H,20,22). The maximum absolute atomic E-state index is 12.2. The molecule has 25 heavy (non-hydrogen) atoms. The second-order valence-corrected chi connectivity index (χ2v) is 6.13. The zero-order valence-electron chi connectivity index (χ0n) is 13.9. The molecule has 0 atom stereocenters. The molecule has 6 nitrogen and oxygen atoms in total. The molecule has 0 aliphatic heterocycles. The summed E-state index contributed by atoms with van der Waals surface area (Å²) in [6, 6.07) is 13.9. The van der Waals surface area contributed by atoms with E-state index in [4.69, 9.17) is 4.74 Å². The maximum atomic E-state index is 12.2. The Bertz CT molecular complexity index is 792. The lowest BCUT2D eigenvalue weighted by molar-refractivity contribution is -0.114. The highest BCUT2D eigenvalue weighted by atomic mass is 32.2. The van der Waals surface area contributed by atoms with E-state index in [1.807, 2.05) is 6.07 Å². The summed E-state index contributed by atoms with van der Waals surface area (Å²) >= 11 is 1.33. The SMILES string of the molecule is COC(=O)c1ccccc1NC(=O)CSc1cccc(NC(C)=O)c1. The van der Waals surface area contributed by atoms with Gasteiger partial charge in [0.1, 0.15) is 0 Å². The normalized spacial score (nSPS) is 10.0. The molecule has 0 radical (unpaired) electrons. The molecule has 0 aliphatic rings. The number of carbonyl (C=O) groups excluding carboxylic acids is 3. The smallest absolute Gasteiger partial charge is 0.339 e. The molecule has 130 valence electrons. The fourth-order valence-corrected chi connectivity index (χ4v) is 2.84. The predicted molar refractivity (Wildman–Crippen MR) is 97.9 cm³/mol. The number of amides is 2. The number of ether oxygens (including phenoxy) is 1. The van der Waals surface area contributed by atoms with Crippen LogP contribution in [0, 0.1) is 0 Å². The first-order valence-electron chi connectivity index (χ1n) is 7.47. The zero-order chi connectivity index (χ0) is 18.2. The number of carbonyl (C=O) groups is 3. The van der Waals surface area contributed by atoms with Crippen LogP contribution in [-0.2, 0) is 14.3 Å². The molecule has 0 saturated heterocycles. The number of hydrogen-bond acceptors (Lipinski definition) is 5. The van der Waals surface area contributed by atoms with Gasteiger partial charge < -0.3 is 15.4 Å². The molecule has 0 saturated carbocycles. The minimum Gasteiger partial charge on any atom is -0.465 e. The van der Waals surface area contributed by atoms with Crippen LogP contribution >= 0.6 is 11.8 Å². The fraction of sp³-hybridized carbons (Fsp3) is 0.167. The Labute approximate surface area is 149 Å². The molecule has 0 spiro atoms. The summed E-state index contributed by atoms with van der Waals surface area (Å²) in [5.41, 5.74) is 1.39. The van der Waals surface area contributed by atoms with Crippen LogP contribution in [0.2, 0.25) is 0 Å². The van der Waals surface area contributed by atoms with E-state index in [0.717, 1.165) is 4.90 Å². The van der Waals surface area contributed by atoms with E-state index in [2.05, 4.69) is 10.6 Å². The molecule has 7 heteroatoms. The fourth-order valence-electron chi connectivity index (χ4n) is 2.08. The van der Waals surface area contributed by atoms with E-state index < -0.39 is 5.97 Å². The zero-order valence-corrected chi connectivity index (χ0v) is 14.7. The maximum Gasteiger partial charge on any atom is 0.339 e. The van der Waals surface area contributed by atoms with Crippen LogP contribution in [0.1, 0.15) is 17.3 Å². The molecule has 0 aromatic heterocycles. The van der Waals surface area contributed by atoms with Gasteiger partial charge in [-0.1, -0.05) is 18.2 Å². The molecular weight excluding hydrogens is 340 g/mol. The Kier molecular flexibility index (Phi) is 6.59. The van der Waals surface area contributed by atoms with Gasteiger partial charge in [0.15, 0.2) is 0 Å². The lowest BCUT2D eigenvalue weighted by Crippen LogP contribution is -2.17. The van der Waals surface area contributed by atoms with Crippen molar-refractivity contribution in [3.05, 3.63) is 54.1 Å². The summed E-state index contributed by atoms with van der Waals surface area (Å²) in [7, 11) is 1.29. The number of benzene rings is 2. The van der Waals surface area contributed by atoms with Gasteiger partial charge in [-0.25, -0.2) is 4.79 Å². The molecule has 0 fully saturated rings. The van der Waals surface area contributed by atoms with Crippen LogP contribution in [-0.4, -0.2) is 30.6 Å². The topological polar surface area (TPSA) is 84.5 Å². The first-order chi connectivity index (χ1) is 12.0. The first-order valence-corrected chi connectivity index (χ1v) is 8.46. The summed E-state index contributed by atoms with van der Waals surface area (Å²) < 4.78 is 4.70. The van der Waals surface area contributed by atoms with Crippen LogP contribution in [0.25, 0.3) is 0 Å². The van der Waals surface area contributed by atoms with Gasteiger partial charge >= 0.3 is 5.97 Å². The van der Waals surface area contributed by atoms with E-state index in [1.165, 1.54) is 25.8 Å². The summed E-state index contributed by atoms with van der Waals surface area (Å²) in [6.07, 6.45) is 0. The molecule has 2 amide bonds. The van der Waals surface area contributed by atoms with Gasteiger partial charge in [0.25, 0.3) is 0 Å². The Morgan fingerprint density at radius 1 is 1.04 bits per heavy atom. The van der Waals surface area contributed by atoms with Gasteiger partial charge in [-0.05, 0) is 30.3 Å². The Morgan fingerprint density at radius 3 is 2.52 bits per heavy atom. The van der Waals surface area contributed by atoms with Crippen molar-refractivity contribution < 1.29 is 19.1 Å². The Morgan fingerprint density at radius 2 is 1.80 bits per heavy atom. The lowest BCUT2D eigenvalue weighted by Gasteiger charge is -2.10. The van der Waals surface area contributed by atoms with Gasteiger partial charge in [0.2, 0.25) is 11.8 Å². The van der Waals surface area contributed by atoms with E-state index in [-0.39, 0.29) is 17.6 Å². The summed E-state index contributed by atoms with van der Waals surface area (Å²) in [5.74, 6) is -0.740. The molecule has 2 aromatic rings. The predicted octanol–water partition coefficient (Wildman–Crippen LogP) is 3.16. The van der Waals surface area contributed by atoms with Crippen molar-refractivity contribution in [3.8, 4) is 0 Å². The summed E-state index contributed by atoms with van der Waals surface area (Å²) in [4.78, 5) is 35.8. The van der Waals surface area contributed by atoms with Crippen molar-refractivity contribution in [2.24, 2.45) is 0 Å². The molecule has 2 N–H and O–H groups in total. The first kappa shape index (κ1) is 18.5. The van der Waals surface area contributed by atoms with Crippen molar-refractivity contribution in [2.45, 2.75) is 11.8 Å². The van der Waals surface area contributed by atoms with E-state index in [1.54, 1.807) is 42.5 Å². The minimum absolute atomic E-state index is 0.153. The van der Waals surface area contributed by atoms with E-state index in [0.29, 0.717) is 16.9 Å². The van der Waals surface area contributed by atoms with Gasteiger partial charge in [-0.2, -0.15) is 0 Å². The molecular formula is C18H18N2O4S. The molecule has 0 unspecified atom stereocenters. The van der Waals surface area contributed by atoms with Crippen molar-refractivity contribution >= 4 is 40.9 Å². The van der Waals surface area contributed by atoms with Crippen molar-refractivity contribution in [3.63, 3.8) is 0 Å². The number of esters is 1. The highest BCUT2D eigenvalue weighted by Crippen LogP contribution is 2.22. The number of rotatable bonds is 6. The van der Waals surface area contributed by atoms with Gasteiger partial charge in [-0.15, -0.1) is 11.8 Å². The van der Waals surface area contributed by atoms with Crippen LogP contribution in [0.15, 0.2) is 53.4 Å². The van der Waals surface area contributed by atoms with E-state index in [9.17, 15) is 14.4 Å². The average Bonchev–Trinajstić information content (AvgIpc) is 2.59. The largest absolute Gasteiger partial charge is 0.465 e. The number of para-hydroxylation sites is 1. The third kappa shape index (κ3) is 5.65. The monoisotopic (exact) mass is 358 g/mol. The summed E-state index contributed by atoms with van der Waals surface area (Å²) in [6.45, 7) is 1.44. The summed E-state index contributed by atoms with van der Waals surface area (Å²) in [5, 5.41) is 5.41. The van der Waals surface area contributed by atoms with Crippen LogP contribution in [0.3, 0.4) is 0 Å².